The van der Waals surface area contributed by atoms with E-state index in [4.69, 9.17) is 0 Å². The molecule has 0 aromatic carbocycles. The van der Waals surface area contributed by atoms with Gasteiger partial charge in [-0.3, -0.25) is 4.79 Å². The summed E-state index contributed by atoms with van der Waals surface area (Å²) in [6.07, 6.45) is 0. The minimum Gasteiger partial charge on any atom is -0.343 e. The van der Waals surface area contributed by atoms with E-state index >= 15 is 0 Å². The number of nitrogens with zero attached hydrogens (tertiary/aromatic N) is 5. The third-order valence-electron chi connectivity index (χ3n) is 2.92. The highest BCUT2D eigenvalue weighted by Gasteiger charge is 2.14. The van der Waals surface area contributed by atoms with E-state index in [1.54, 1.807) is 4.68 Å². The monoisotopic (exact) mass is 314 g/mol. The molecule has 0 radical (unpaired) electrons. The quantitative estimate of drug-likeness (QED) is 0.722. The van der Waals surface area contributed by atoms with E-state index in [0.717, 1.165) is 19.6 Å². The number of amides is 1. The Morgan fingerprint density at radius 3 is 2.57 bits per heavy atom. The molecule has 0 aliphatic heterocycles. The van der Waals surface area contributed by atoms with E-state index in [1.807, 2.05) is 18.7 Å². The lowest BCUT2D eigenvalue weighted by Gasteiger charge is -2.20. The van der Waals surface area contributed by atoms with Crippen molar-refractivity contribution >= 4 is 17.7 Å². The summed E-state index contributed by atoms with van der Waals surface area (Å²) >= 11 is 1.39. The van der Waals surface area contributed by atoms with E-state index in [0.29, 0.717) is 17.5 Å². The van der Waals surface area contributed by atoms with Crippen LogP contribution in [0.2, 0.25) is 0 Å². The van der Waals surface area contributed by atoms with Gasteiger partial charge in [-0.15, -0.1) is 5.10 Å². The van der Waals surface area contributed by atoms with E-state index in [-0.39, 0.29) is 11.4 Å². The van der Waals surface area contributed by atoms with Gasteiger partial charge in [0.1, 0.15) is 0 Å². The summed E-state index contributed by atoms with van der Waals surface area (Å²) in [5.74, 6) is 0.488. The van der Waals surface area contributed by atoms with Gasteiger partial charge in [-0.1, -0.05) is 11.8 Å². The Kier molecular flexibility index (Phi) is 7.10. The Balaban J connectivity index is 2.46. The maximum Gasteiger partial charge on any atom is 0.233 e. The first-order chi connectivity index (χ1) is 9.87. The number of thioether (sulfide) groups is 1. The van der Waals surface area contributed by atoms with Crippen molar-refractivity contribution in [1.82, 2.24) is 30.4 Å². The zero-order valence-electron chi connectivity index (χ0n) is 13.6. The number of rotatable bonds is 8. The lowest BCUT2D eigenvalue weighted by molar-refractivity contribution is -0.127. The SMILES string of the molecule is CCN(CC)C(=O)CSc1nnnn1CCNC(C)(C)C. The zero-order chi connectivity index (χ0) is 15.9. The molecule has 1 aromatic heterocycles. The summed E-state index contributed by atoms with van der Waals surface area (Å²) in [7, 11) is 0. The Morgan fingerprint density at radius 1 is 1.33 bits per heavy atom. The topological polar surface area (TPSA) is 75.9 Å². The van der Waals surface area contributed by atoms with Gasteiger partial charge in [-0.05, 0) is 45.0 Å². The summed E-state index contributed by atoms with van der Waals surface area (Å²) in [4.78, 5) is 13.8. The van der Waals surface area contributed by atoms with Crippen LogP contribution in [-0.4, -0.2) is 61.9 Å². The fourth-order valence-corrected chi connectivity index (χ4v) is 2.58. The Morgan fingerprint density at radius 2 is 2.00 bits per heavy atom. The Labute approximate surface area is 130 Å². The predicted octanol–water partition coefficient (Wildman–Crippen LogP) is 1.02. The number of carbonyl (C=O) groups excluding carboxylic acids is 1. The van der Waals surface area contributed by atoms with Gasteiger partial charge in [0, 0.05) is 25.2 Å². The standard InChI is InChI=1S/C13H26N6OS/c1-6-18(7-2)11(20)10-21-12-15-16-17-19(12)9-8-14-13(3,4)5/h14H,6-10H2,1-5H3. The average Bonchev–Trinajstić information content (AvgIpc) is 2.84. The molecule has 7 nitrogen and oxygen atoms in total. The number of aromatic nitrogens is 4. The maximum atomic E-state index is 12.0. The van der Waals surface area contributed by atoms with Crippen LogP contribution in [0.5, 0.6) is 0 Å². The van der Waals surface area contributed by atoms with E-state index in [2.05, 4.69) is 41.6 Å². The van der Waals surface area contributed by atoms with Crippen molar-refractivity contribution in [3.63, 3.8) is 0 Å². The van der Waals surface area contributed by atoms with Crippen molar-refractivity contribution < 1.29 is 4.79 Å². The van der Waals surface area contributed by atoms with Crippen molar-refractivity contribution in [2.45, 2.75) is 51.9 Å². The molecule has 0 atom stereocenters. The van der Waals surface area contributed by atoms with Gasteiger partial charge in [0.25, 0.3) is 0 Å². The second-order valence-corrected chi connectivity index (χ2v) is 6.66. The minimum absolute atomic E-state index is 0.0695. The van der Waals surface area contributed by atoms with Crippen LogP contribution in [0.25, 0.3) is 0 Å². The number of hydrogen-bond acceptors (Lipinski definition) is 6. The normalized spacial score (nSPS) is 11.7. The molecule has 21 heavy (non-hydrogen) atoms. The molecule has 0 bridgehead atoms. The van der Waals surface area contributed by atoms with Crippen LogP contribution in [0.15, 0.2) is 5.16 Å². The number of tetrazole rings is 1. The molecular weight excluding hydrogens is 288 g/mol. The summed E-state index contributed by atoms with van der Waals surface area (Å²) in [6, 6.07) is 0. The molecule has 1 N–H and O–H groups in total. The minimum atomic E-state index is 0.0695. The van der Waals surface area contributed by atoms with Gasteiger partial charge in [0.15, 0.2) is 0 Å². The number of nitrogens with one attached hydrogen (secondary N) is 1. The summed E-state index contributed by atoms with van der Waals surface area (Å²) in [5, 5.41) is 15.7. The highest BCUT2D eigenvalue weighted by molar-refractivity contribution is 7.99. The molecule has 0 saturated heterocycles. The Bertz CT molecular complexity index is 438. The first-order valence-corrected chi connectivity index (χ1v) is 8.27. The van der Waals surface area contributed by atoms with Crippen LogP contribution < -0.4 is 5.32 Å². The molecule has 0 aliphatic rings. The average molecular weight is 314 g/mol. The molecule has 0 unspecified atom stereocenters. The van der Waals surface area contributed by atoms with Gasteiger partial charge in [-0.25, -0.2) is 4.68 Å². The van der Waals surface area contributed by atoms with Crippen LogP contribution in [0.1, 0.15) is 34.6 Å². The van der Waals surface area contributed by atoms with Crippen molar-refractivity contribution in [3.8, 4) is 0 Å². The zero-order valence-corrected chi connectivity index (χ0v) is 14.4. The van der Waals surface area contributed by atoms with E-state index in [9.17, 15) is 4.79 Å². The molecule has 0 spiro atoms. The molecule has 120 valence electrons. The van der Waals surface area contributed by atoms with Gasteiger partial charge >= 0.3 is 0 Å². The van der Waals surface area contributed by atoms with Crippen molar-refractivity contribution in [2.24, 2.45) is 0 Å². The molecule has 1 rings (SSSR count). The first kappa shape index (κ1) is 17.9. The number of carbonyl (C=O) groups is 1. The fourth-order valence-electron chi connectivity index (χ4n) is 1.77. The highest BCUT2D eigenvalue weighted by atomic mass is 32.2. The molecule has 0 fully saturated rings. The van der Waals surface area contributed by atoms with Crippen molar-refractivity contribution in [3.05, 3.63) is 0 Å². The van der Waals surface area contributed by atoms with Gasteiger partial charge in [0.05, 0.1) is 12.3 Å². The van der Waals surface area contributed by atoms with Crippen LogP contribution in [0, 0.1) is 0 Å². The van der Waals surface area contributed by atoms with Gasteiger partial charge < -0.3 is 10.2 Å². The highest BCUT2D eigenvalue weighted by Crippen LogP contribution is 2.14. The molecule has 1 aromatic rings. The van der Waals surface area contributed by atoms with Gasteiger partial charge in [-0.2, -0.15) is 0 Å². The third-order valence-corrected chi connectivity index (χ3v) is 3.86. The molecular formula is C13H26N6OS. The van der Waals surface area contributed by atoms with Crippen molar-refractivity contribution in [1.29, 1.82) is 0 Å². The predicted molar refractivity (Wildman–Crippen MR) is 84.2 cm³/mol. The summed E-state index contributed by atoms with van der Waals surface area (Å²) < 4.78 is 1.74. The molecule has 0 aliphatic carbocycles. The van der Waals surface area contributed by atoms with Crippen LogP contribution >= 0.6 is 11.8 Å². The van der Waals surface area contributed by atoms with E-state index < -0.39 is 0 Å². The lowest BCUT2D eigenvalue weighted by Crippen LogP contribution is -2.38. The molecule has 0 saturated carbocycles. The molecule has 1 amide bonds. The van der Waals surface area contributed by atoms with E-state index in [1.165, 1.54) is 11.8 Å². The largest absolute Gasteiger partial charge is 0.343 e. The second-order valence-electron chi connectivity index (χ2n) is 5.72. The maximum absolute atomic E-state index is 12.0. The number of hydrogen-bond donors (Lipinski definition) is 1. The second kappa shape index (κ2) is 8.33. The Hall–Kier alpha value is -1.15. The molecule has 1 heterocycles. The van der Waals surface area contributed by atoms with Crippen LogP contribution in [0.3, 0.4) is 0 Å². The lowest BCUT2D eigenvalue weighted by atomic mass is 10.1. The first-order valence-electron chi connectivity index (χ1n) is 7.29. The smallest absolute Gasteiger partial charge is 0.233 e. The summed E-state index contributed by atoms with van der Waals surface area (Å²) in [6.45, 7) is 13.2. The fraction of sp³-hybridized carbons (Fsp3) is 0.846. The van der Waals surface area contributed by atoms with Crippen LogP contribution in [-0.2, 0) is 11.3 Å². The summed E-state index contributed by atoms with van der Waals surface area (Å²) in [5.41, 5.74) is 0.0695. The molecule has 8 heteroatoms. The van der Waals surface area contributed by atoms with Crippen molar-refractivity contribution in [2.75, 3.05) is 25.4 Å². The third kappa shape index (κ3) is 6.43. The van der Waals surface area contributed by atoms with Gasteiger partial charge in [0.2, 0.25) is 11.1 Å². The van der Waals surface area contributed by atoms with Crippen LogP contribution in [0.4, 0.5) is 0 Å².